The molecule has 3 aromatic carbocycles. The first-order valence-corrected chi connectivity index (χ1v) is 8.21. The summed E-state index contributed by atoms with van der Waals surface area (Å²) in [6.07, 6.45) is 1.17. The Balaban J connectivity index is 1.71. The van der Waals surface area contributed by atoms with E-state index in [9.17, 15) is 5.11 Å². The molecule has 4 nitrogen and oxygen atoms in total. The van der Waals surface area contributed by atoms with Crippen molar-refractivity contribution in [2.24, 2.45) is 15.9 Å². The van der Waals surface area contributed by atoms with Gasteiger partial charge in [-0.2, -0.15) is 5.10 Å². The van der Waals surface area contributed by atoms with E-state index in [2.05, 4.69) is 10.2 Å². The highest BCUT2D eigenvalue weighted by molar-refractivity contribution is 5.88. The van der Waals surface area contributed by atoms with Crippen molar-refractivity contribution in [2.75, 3.05) is 0 Å². The zero-order valence-electron chi connectivity index (χ0n) is 14.1. The summed E-state index contributed by atoms with van der Waals surface area (Å²) in [6.45, 7) is 2.03. The number of nitrogens with zero attached hydrogens (tertiary/aromatic N) is 2. The predicted octanol–water partition coefficient (Wildman–Crippen LogP) is 3.96. The molecule has 1 atom stereocenters. The number of aliphatic hydroxyl groups is 1. The highest BCUT2D eigenvalue weighted by Crippen LogP contribution is 2.26. The minimum atomic E-state index is -0.718. The van der Waals surface area contributed by atoms with Gasteiger partial charge in [0, 0.05) is 6.42 Å². The van der Waals surface area contributed by atoms with Gasteiger partial charge in [0.15, 0.2) is 0 Å². The Morgan fingerprint density at radius 3 is 2.56 bits per heavy atom. The quantitative estimate of drug-likeness (QED) is 0.422. The highest BCUT2D eigenvalue weighted by Gasteiger charge is 2.12. The van der Waals surface area contributed by atoms with E-state index in [1.165, 1.54) is 5.56 Å². The number of aryl methyl sites for hydroxylation is 1. The maximum atomic E-state index is 10.5. The Labute approximate surface area is 147 Å². The standard InChI is InChI=1S/C21H21N3O/c1-15-9-11-16(12-10-15)14-23-24-21(22)13-20(25)19-8-4-6-17-5-2-3-7-18(17)19/h2-12,14,20,25H,13H2,1H3,(H2,22,24)/b23-14+. The molecule has 0 saturated heterocycles. The smallest absolute Gasteiger partial charge is 0.125 e. The van der Waals surface area contributed by atoms with Crippen molar-refractivity contribution >= 4 is 22.8 Å². The fraction of sp³-hybridized carbons (Fsp3) is 0.143. The molecule has 3 rings (SSSR count). The molecule has 0 aliphatic carbocycles. The molecule has 0 aliphatic heterocycles. The van der Waals surface area contributed by atoms with Crippen LogP contribution in [0.3, 0.4) is 0 Å². The monoisotopic (exact) mass is 331 g/mol. The maximum Gasteiger partial charge on any atom is 0.125 e. The van der Waals surface area contributed by atoms with Gasteiger partial charge in [-0.05, 0) is 28.8 Å². The Morgan fingerprint density at radius 2 is 1.76 bits per heavy atom. The zero-order chi connectivity index (χ0) is 17.6. The van der Waals surface area contributed by atoms with Crippen LogP contribution in [0.4, 0.5) is 0 Å². The molecule has 3 N–H and O–H groups in total. The number of hydrogen-bond donors (Lipinski definition) is 2. The van der Waals surface area contributed by atoms with Crippen LogP contribution in [0.5, 0.6) is 0 Å². The van der Waals surface area contributed by atoms with Gasteiger partial charge in [0.1, 0.15) is 5.84 Å². The van der Waals surface area contributed by atoms with Crippen molar-refractivity contribution in [3.05, 3.63) is 83.4 Å². The van der Waals surface area contributed by atoms with Gasteiger partial charge in [-0.25, -0.2) is 0 Å². The van der Waals surface area contributed by atoms with Crippen LogP contribution < -0.4 is 5.73 Å². The molecular weight excluding hydrogens is 310 g/mol. The molecule has 4 heteroatoms. The van der Waals surface area contributed by atoms with Crippen LogP contribution in [-0.2, 0) is 0 Å². The third-order valence-electron chi connectivity index (χ3n) is 4.06. The van der Waals surface area contributed by atoms with Crippen molar-refractivity contribution in [3.63, 3.8) is 0 Å². The average Bonchev–Trinajstić information content (AvgIpc) is 2.63. The molecule has 0 amide bonds. The summed E-state index contributed by atoms with van der Waals surface area (Å²) in [4.78, 5) is 0. The number of hydrogen-bond acceptors (Lipinski definition) is 3. The van der Waals surface area contributed by atoms with Gasteiger partial charge in [-0.1, -0.05) is 72.3 Å². The summed E-state index contributed by atoms with van der Waals surface area (Å²) in [5.74, 6) is 0.295. The van der Waals surface area contributed by atoms with E-state index < -0.39 is 6.10 Å². The Morgan fingerprint density at radius 1 is 1.04 bits per heavy atom. The second-order valence-corrected chi connectivity index (χ2v) is 6.03. The molecule has 126 valence electrons. The lowest BCUT2D eigenvalue weighted by Gasteiger charge is -2.13. The van der Waals surface area contributed by atoms with Crippen LogP contribution in [0.2, 0.25) is 0 Å². The van der Waals surface area contributed by atoms with E-state index >= 15 is 0 Å². The normalized spacial score (nSPS) is 13.4. The second kappa shape index (κ2) is 7.73. The second-order valence-electron chi connectivity index (χ2n) is 6.03. The van der Waals surface area contributed by atoms with E-state index in [-0.39, 0.29) is 6.42 Å². The third kappa shape index (κ3) is 4.31. The topological polar surface area (TPSA) is 71.0 Å². The molecule has 1 unspecified atom stereocenters. The molecule has 0 bridgehead atoms. The highest BCUT2D eigenvalue weighted by atomic mass is 16.3. The van der Waals surface area contributed by atoms with Crippen LogP contribution in [0.1, 0.15) is 29.2 Å². The summed E-state index contributed by atoms with van der Waals surface area (Å²) in [5, 5.41) is 20.6. The van der Waals surface area contributed by atoms with Gasteiger partial charge in [-0.3, -0.25) is 0 Å². The summed E-state index contributed by atoms with van der Waals surface area (Å²) in [7, 11) is 0. The number of aliphatic hydroxyl groups excluding tert-OH is 1. The largest absolute Gasteiger partial charge is 0.388 e. The summed E-state index contributed by atoms with van der Waals surface area (Å²) in [6, 6.07) is 21.8. The Bertz CT molecular complexity index is 909. The van der Waals surface area contributed by atoms with Crippen LogP contribution in [0, 0.1) is 6.92 Å². The first-order chi connectivity index (χ1) is 12.1. The predicted molar refractivity (Wildman–Crippen MR) is 104 cm³/mol. The summed E-state index contributed by atoms with van der Waals surface area (Å²) in [5.41, 5.74) is 8.91. The van der Waals surface area contributed by atoms with Gasteiger partial charge in [0.2, 0.25) is 0 Å². The maximum absolute atomic E-state index is 10.5. The first kappa shape index (κ1) is 16.9. The number of rotatable bonds is 5. The molecule has 0 spiro atoms. The fourth-order valence-corrected chi connectivity index (χ4v) is 2.71. The molecule has 0 aromatic heterocycles. The minimum absolute atomic E-state index is 0.235. The Hall–Kier alpha value is -2.98. The van der Waals surface area contributed by atoms with Gasteiger partial charge < -0.3 is 10.8 Å². The Kier molecular flexibility index (Phi) is 5.21. The molecule has 3 aromatic rings. The molecular formula is C21H21N3O. The lowest BCUT2D eigenvalue weighted by molar-refractivity contribution is 0.187. The van der Waals surface area contributed by atoms with Gasteiger partial charge in [-0.15, -0.1) is 5.10 Å². The number of benzene rings is 3. The van der Waals surface area contributed by atoms with Gasteiger partial charge in [0.25, 0.3) is 0 Å². The average molecular weight is 331 g/mol. The van der Waals surface area contributed by atoms with Crippen molar-refractivity contribution in [1.82, 2.24) is 0 Å². The minimum Gasteiger partial charge on any atom is -0.388 e. The molecule has 0 fully saturated rings. The van der Waals surface area contributed by atoms with E-state index in [0.29, 0.717) is 5.84 Å². The van der Waals surface area contributed by atoms with Gasteiger partial charge >= 0.3 is 0 Å². The summed E-state index contributed by atoms with van der Waals surface area (Å²) < 4.78 is 0. The third-order valence-corrected chi connectivity index (χ3v) is 4.06. The summed E-state index contributed by atoms with van der Waals surface area (Å²) >= 11 is 0. The molecule has 0 aliphatic rings. The molecule has 25 heavy (non-hydrogen) atoms. The first-order valence-electron chi connectivity index (χ1n) is 8.21. The van der Waals surface area contributed by atoms with Crippen LogP contribution >= 0.6 is 0 Å². The van der Waals surface area contributed by atoms with Crippen molar-refractivity contribution in [3.8, 4) is 0 Å². The fourth-order valence-electron chi connectivity index (χ4n) is 2.71. The van der Waals surface area contributed by atoms with Crippen molar-refractivity contribution in [1.29, 1.82) is 0 Å². The van der Waals surface area contributed by atoms with E-state index in [1.807, 2.05) is 73.7 Å². The molecule has 0 heterocycles. The van der Waals surface area contributed by atoms with E-state index in [0.717, 1.165) is 21.9 Å². The number of nitrogens with two attached hydrogens (primary N) is 1. The molecule has 0 radical (unpaired) electrons. The van der Waals surface area contributed by atoms with E-state index in [1.54, 1.807) is 6.21 Å². The van der Waals surface area contributed by atoms with E-state index in [4.69, 9.17) is 5.73 Å². The SMILES string of the molecule is Cc1ccc(/C=N/N=C(\N)CC(O)c2cccc3ccccc23)cc1. The number of amidine groups is 1. The van der Waals surface area contributed by atoms with Crippen LogP contribution in [0.25, 0.3) is 10.8 Å². The number of fused-ring (bicyclic) bond motifs is 1. The zero-order valence-corrected chi connectivity index (χ0v) is 14.1. The van der Waals surface area contributed by atoms with Crippen LogP contribution in [0.15, 0.2) is 76.9 Å². The lowest BCUT2D eigenvalue weighted by Crippen LogP contribution is -2.15. The lowest BCUT2D eigenvalue weighted by atomic mass is 9.98. The molecule has 0 saturated carbocycles. The van der Waals surface area contributed by atoms with Gasteiger partial charge in [0.05, 0.1) is 12.3 Å². The van der Waals surface area contributed by atoms with Crippen molar-refractivity contribution < 1.29 is 5.11 Å². The van der Waals surface area contributed by atoms with Crippen molar-refractivity contribution in [2.45, 2.75) is 19.4 Å². The van der Waals surface area contributed by atoms with Crippen LogP contribution in [-0.4, -0.2) is 17.2 Å².